The van der Waals surface area contributed by atoms with Crippen LogP contribution in [0.15, 0.2) is 59.6 Å². The zero-order valence-corrected chi connectivity index (χ0v) is 16.4. The van der Waals surface area contributed by atoms with E-state index in [1.54, 1.807) is 0 Å². The fraction of sp³-hybridized carbons (Fsp3) is 0.409. The monoisotopic (exact) mass is 352 g/mol. The molecular weight excluding hydrogens is 324 g/mol. The van der Waals surface area contributed by atoms with Crippen molar-refractivity contribution in [2.45, 2.75) is 45.7 Å². The number of hydrogen-bond donors (Lipinski definition) is 0. The first-order chi connectivity index (χ1) is 12.0. The molecule has 1 aliphatic heterocycles. The summed E-state index contributed by atoms with van der Waals surface area (Å²) >= 11 is 1.89. The van der Waals surface area contributed by atoms with Gasteiger partial charge in [0.05, 0.1) is 0 Å². The molecule has 0 aliphatic carbocycles. The third-order valence-corrected chi connectivity index (χ3v) is 5.60. The van der Waals surface area contributed by atoms with E-state index in [0.717, 1.165) is 19.6 Å². The average molecular weight is 353 g/mol. The summed E-state index contributed by atoms with van der Waals surface area (Å²) in [5, 5.41) is 1.19. The highest BCUT2D eigenvalue weighted by Crippen LogP contribution is 2.24. The Balaban J connectivity index is 1.78. The Labute approximate surface area is 156 Å². The van der Waals surface area contributed by atoms with Crippen molar-refractivity contribution in [3.63, 3.8) is 0 Å². The summed E-state index contributed by atoms with van der Waals surface area (Å²) in [5.41, 5.74) is 4.27. The molecule has 1 heterocycles. The van der Waals surface area contributed by atoms with Crippen LogP contribution in [0.5, 0.6) is 0 Å². The Kier molecular flexibility index (Phi) is 5.85. The highest BCUT2D eigenvalue weighted by molar-refractivity contribution is 8.13. The van der Waals surface area contributed by atoms with E-state index in [2.05, 4.69) is 80.3 Å². The summed E-state index contributed by atoms with van der Waals surface area (Å²) in [6, 6.07) is 19.8. The predicted molar refractivity (Wildman–Crippen MR) is 110 cm³/mol. The van der Waals surface area contributed by atoms with E-state index in [0.29, 0.717) is 0 Å². The zero-order chi connectivity index (χ0) is 17.7. The maximum Gasteiger partial charge on any atom is 0.159 e. The van der Waals surface area contributed by atoms with Crippen LogP contribution in [0.1, 0.15) is 43.9 Å². The van der Waals surface area contributed by atoms with Gasteiger partial charge in [0.15, 0.2) is 5.17 Å². The second kappa shape index (κ2) is 8.09. The molecule has 0 spiro atoms. The number of amidine groups is 1. The molecule has 2 aromatic rings. The Bertz CT molecular complexity index is 699. The van der Waals surface area contributed by atoms with Crippen molar-refractivity contribution in [2.75, 3.05) is 12.3 Å². The van der Waals surface area contributed by atoms with Gasteiger partial charge in [-0.2, -0.15) is 0 Å². The van der Waals surface area contributed by atoms with Gasteiger partial charge in [-0.05, 0) is 28.5 Å². The molecular formula is C22H28N2S. The molecule has 1 aliphatic rings. The van der Waals surface area contributed by atoms with Crippen molar-refractivity contribution in [3.8, 4) is 0 Å². The van der Waals surface area contributed by atoms with Crippen molar-refractivity contribution in [3.05, 3.63) is 71.3 Å². The van der Waals surface area contributed by atoms with Crippen molar-refractivity contribution in [2.24, 2.45) is 4.99 Å². The largest absolute Gasteiger partial charge is 0.343 e. The van der Waals surface area contributed by atoms with E-state index in [9.17, 15) is 0 Å². The maximum absolute atomic E-state index is 4.78. The lowest BCUT2D eigenvalue weighted by molar-refractivity contribution is 0.412. The van der Waals surface area contributed by atoms with Gasteiger partial charge in [-0.15, -0.1) is 0 Å². The SMILES string of the molecule is CC(C)(C)c1ccc(CN(Cc2ccccc2)C2=NCCCS2)cc1. The van der Waals surface area contributed by atoms with Gasteiger partial charge in [0, 0.05) is 25.4 Å². The zero-order valence-electron chi connectivity index (χ0n) is 15.5. The van der Waals surface area contributed by atoms with Gasteiger partial charge in [-0.3, -0.25) is 4.99 Å². The fourth-order valence-electron chi connectivity index (χ4n) is 2.97. The van der Waals surface area contributed by atoms with E-state index in [-0.39, 0.29) is 5.41 Å². The van der Waals surface area contributed by atoms with Crippen LogP contribution in [0, 0.1) is 0 Å². The fourth-order valence-corrected chi connectivity index (χ4v) is 3.92. The number of benzene rings is 2. The number of thioether (sulfide) groups is 1. The molecule has 0 N–H and O–H groups in total. The molecule has 2 nitrogen and oxygen atoms in total. The maximum atomic E-state index is 4.78. The second-order valence-electron chi connectivity index (χ2n) is 7.65. The third kappa shape index (κ3) is 5.12. The molecule has 3 heteroatoms. The van der Waals surface area contributed by atoms with Crippen LogP contribution in [-0.2, 0) is 18.5 Å². The Morgan fingerprint density at radius 3 is 2.12 bits per heavy atom. The first-order valence-corrected chi connectivity index (χ1v) is 10.1. The second-order valence-corrected chi connectivity index (χ2v) is 8.72. The minimum absolute atomic E-state index is 0.200. The molecule has 132 valence electrons. The molecule has 0 saturated heterocycles. The van der Waals surface area contributed by atoms with E-state index < -0.39 is 0 Å². The summed E-state index contributed by atoms with van der Waals surface area (Å²) in [6.07, 6.45) is 1.19. The first kappa shape index (κ1) is 18.1. The van der Waals surface area contributed by atoms with Gasteiger partial charge in [0.25, 0.3) is 0 Å². The highest BCUT2D eigenvalue weighted by atomic mass is 32.2. The molecule has 25 heavy (non-hydrogen) atoms. The lowest BCUT2D eigenvalue weighted by atomic mass is 9.87. The molecule has 0 amide bonds. The number of rotatable bonds is 4. The van der Waals surface area contributed by atoms with Gasteiger partial charge in [-0.25, -0.2) is 0 Å². The molecule has 0 fully saturated rings. The van der Waals surface area contributed by atoms with Gasteiger partial charge in [-0.1, -0.05) is 87.1 Å². The summed E-state index contributed by atoms with van der Waals surface area (Å²) in [5.74, 6) is 1.17. The standard InChI is InChI=1S/C22H28N2S/c1-22(2,3)20-12-10-19(11-13-20)17-24(21-23-14-7-15-25-21)16-18-8-5-4-6-9-18/h4-6,8-13H,7,14-17H2,1-3H3. The van der Waals surface area contributed by atoms with Crippen LogP contribution in [0.25, 0.3) is 0 Å². The van der Waals surface area contributed by atoms with E-state index >= 15 is 0 Å². The molecule has 3 rings (SSSR count). The van der Waals surface area contributed by atoms with Crippen LogP contribution < -0.4 is 0 Å². The Morgan fingerprint density at radius 2 is 1.56 bits per heavy atom. The smallest absolute Gasteiger partial charge is 0.159 e. The van der Waals surface area contributed by atoms with Gasteiger partial charge in [0.2, 0.25) is 0 Å². The van der Waals surface area contributed by atoms with E-state index in [1.165, 1.54) is 34.0 Å². The lowest BCUT2D eigenvalue weighted by Gasteiger charge is -2.28. The van der Waals surface area contributed by atoms with Crippen LogP contribution in [0.2, 0.25) is 0 Å². The molecule has 0 bridgehead atoms. The molecule has 0 saturated carbocycles. The van der Waals surface area contributed by atoms with Crippen molar-refractivity contribution >= 4 is 16.9 Å². The number of aliphatic imine (C=N–C) groups is 1. The number of nitrogens with zero attached hydrogens (tertiary/aromatic N) is 2. The van der Waals surface area contributed by atoms with Crippen LogP contribution in [0.3, 0.4) is 0 Å². The average Bonchev–Trinajstić information content (AvgIpc) is 2.62. The van der Waals surface area contributed by atoms with Crippen molar-refractivity contribution < 1.29 is 0 Å². The van der Waals surface area contributed by atoms with Crippen LogP contribution in [0.4, 0.5) is 0 Å². The minimum Gasteiger partial charge on any atom is -0.343 e. The third-order valence-electron chi connectivity index (χ3n) is 4.46. The van der Waals surface area contributed by atoms with Gasteiger partial charge < -0.3 is 4.90 Å². The molecule has 0 atom stereocenters. The summed E-state index contributed by atoms with van der Waals surface area (Å²) in [7, 11) is 0. The summed E-state index contributed by atoms with van der Waals surface area (Å²) < 4.78 is 0. The minimum atomic E-state index is 0.200. The van der Waals surface area contributed by atoms with Crippen molar-refractivity contribution in [1.82, 2.24) is 4.90 Å². The predicted octanol–water partition coefficient (Wildman–Crippen LogP) is 5.48. The first-order valence-electron chi connectivity index (χ1n) is 9.08. The lowest BCUT2D eigenvalue weighted by Crippen LogP contribution is -2.30. The van der Waals surface area contributed by atoms with Crippen LogP contribution >= 0.6 is 11.8 Å². The van der Waals surface area contributed by atoms with E-state index in [1.807, 2.05) is 11.8 Å². The molecule has 0 aromatic heterocycles. The van der Waals surface area contributed by atoms with Gasteiger partial charge in [0.1, 0.15) is 0 Å². The van der Waals surface area contributed by atoms with Crippen molar-refractivity contribution in [1.29, 1.82) is 0 Å². The molecule has 2 aromatic carbocycles. The highest BCUT2D eigenvalue weighted by Gasteiger charge is 2.17. The molecule has 0 unspecified atom stereocenters. The summed E-state index contributed by atoms with van der Waals surface area (Å²) in [6.45, 7) is 9.56. The normalized spacial score (nSPS) is 14.9. The Hall–Kier alpha value is -1.74. The summed E-state index contributed by atoms with van der Waals surface area (Å²) in [4.78, 5) is 7.21. The molecule has 0 radical (unpaired) electrons. The van der Waals surface area contributed by atoms with E-state index in [4.69, 9.17) is 4.99 Å². The Morgan fingerprint density at radius 1 is 0.920 bits per heavy atom. The number of hydrogen-bond acceptors (Lipinski definition) is 3. The van der Waals surface area contributed by atoms with Crippen LogP contribution in [-0.4, -0.2) is 22.4 Å². The topological polar surface area (TPSA) is 15.6 Å². The van der Waals surface area contributed by atoms with Gasteiger partial charge >= 0.3 is 0 Å². The quantitative estimate of drug-likeness (QED) is 0.724.